The molecule has 1 fully saturated rings. The minimum absolute atomic E-state index is 0.0633. The highest BCUT2D eigenvalue weighted by Gasteiger charge is 2.54. The summed E-state index contributed by atoms with van der Waals surface area (Å²) in [5.41, 5.74) is 5.05. The van der Waals surface area contributed by atoms with E-state index < -0.39 is 9.84 Å². The number of rotatable bonds is 4. The fourth-order valence-electron chi connectivity index (χ4n) is 6.22. The van der Waals surface area contributed by atoms with Gasteiger partial charge in [0.2, 0.25) is 0 Å². The summed E-state index contributed by atoms with van der Waals surface area (Å²) in [4.78, 5) is 22.0. The molecule has 3 aromatic heterocycles. The molecular formula is C28H21Cl2N7O3S. The maximum absolute atomic E-state index is 13.7. The Bertz CT molecular complexity index is 2070. The van der Waals surface area contributed by atoms with Crippen LogP contribution in [-0.4, -0.2) is 50.2 Å². The molecule has 41 heavy (non-hydrogen) atoms. The van der Waals surface area contributed by atoms with Gasteiger partial charge in [-0.1, -0.05) is 34.5 Å². The molecule has 13 heteroatoms. The van der Waals surface area contributed by atoms with Crippen LogP contribution in [0.25, 0.3) is 28.1 Å². The molecule has 0 spiro atoms. The molecule has 3 atom stereocenters. The van der Waals surface area contributed by atoms with E-state index in [-0.39, 0.29) is 34.3 Å². The second-order valence-corrected chi connectivity index (χ2v) is 13.5. The first-order valence-electron chi connectivity index (χ1n) is 13.1. The molecule has 0 bridgehead atoms. The number of benzene rings is 2. The Balaban J connectivity index is 1.18. The van der Waals surface area contributed by atoms with Gasteiger partial charge in [0, 0.05) is 40.4 Å². The number of nitrogens with one attached hydrogen (secondary N) is 2. The van der Waals surface area contributed by atoms with Gasteiger partial charge in [0.15, 0.2) is 15.0 Å². The van der Waals surface area contributed by atoms with E-state index in [1.807, 2.05) is 28.8 Å². The highest BCUT2D eigenvalue weighted by Crippen LogP contribution is 2.60. The van der Waals surface area contributed by atoms with Gasteiger partial charge < -0.3 is 14.9 Å². The lowest BCUT2D eigenvalue weighted by atomic mass is 10.0. The zero-order chi connectivity index (χ0) is 28.0. The van der Waals surface area contributed by atoms with Crippen molar-refractivity contribution in [2.45, 2.75) is 23.3 Å². The first-order valence-corrected chi connectivity index (χ1v) is 15.5. The van der Waals surface area contributed by atoms with Crippen molar-refractivity contribution in [2.24, 2.45) is 5.92 Å². The van der Waals surface area contributed by atoms with E-state index in [9.17, 15) is 13.2 Å². The zero-order valence-electron chi connectivity index (χ0n) is 21.3. The molecule has 10 nitrogen and oxygen atoms in total. The minimum atomic E-state index is -3.34. The predicted molar refractivity (Wildman–Crippen MR) is 155 cm³/mol. The molecule has 3 aliphatic rings. The van der Waals surface area contributed by atoms with Gasteiger partial charge >= 0.3 is 0 Å². The SMILES string of the molecule is O=c1cc(-c2cc(Cl)ccc2-n2cc(Cl)nn2)cc2n1C(c1ncc(-c3ccc4c(c3)S(=O)(=O)CCN4)[nH]1)C1CC21. The lowest BCUT2D eigenvalue weighted by Gasteiger charge is -2.19. The van der Waals surface area contributed by atoms with Crippen LogP contribution in [0, 0.1) is 5.92 Å². The number of fused-ring (bicyclic) bond motifs is 4. The van der Waals surface area contributed by atoms with Gasteiger partial charge in [0.05, 0.1) is 46.2 Å². The first kappa shape index (κ1) is 24.8. The Morgan fingerprint density at radius 2 is 1.90 bits per heavy atom. The number of halogens is 2. The average Bonchev–Trinajstić information content (AvgIpc) is 3.24. The summed E-state index contributed by atoms with van der Waals surface area (Å²) in [5.74, 6) is 1.23. The van der Waals surface area contributed by atoms with Gasteiger partial charge in [-0.05, 0) is 54.3 Å². The quantitative estimate of drug-likeness (QED) is 0.304. The number of anilines is 1. The van der Waals surface area contributed by atoms with Crippen molar-refractivity contribution in [2.75, 3.05) is 17.6 Å². The van der Waals surface area contributed by atoms with Gasteiger partial charge in [-0.25, -0.2) is 18.1 Å². The lowest BCUT2D eigenvalue weighted by molar-refractivity contribution is 0.515. The van der Waals surface area contributed by atoms with Crippen molar-refractivity contribution < 1.29 is 8.42 Å². The predicted octanol–water partition coefficient (Wildman–Crippen LogP) is 4.70. The van der Waals surface area contributed by atoms with Gasteiger partial charge in [0.25, 0.3) is 5.56 Å². The fourth-order valence-corrected chi connectivity index (χ4v) is 7.89. The highest BCUT2D eigenvalue weighted by atomic mass is 35.5. The summed E-state index contributed by atoms with van der Waals surface area (Å²) in [5, 5.41) is 11.9. The number of pyridine rings is 1. The second kappa shape index (κ2) is 8.78. The Morgan fingerprint density at radius 3 is 2.73 bits per heavy atom. The monoisotopic (exact) mass is 605 g/mol. The van der Waals surface area contributed by atoms with Crippen molar-refractivity contribution in [3.05, 3.63) is 93.0 Å². The van der Waals surface area contributed by atoms with E-state index in [1.165, 1.54) is 0 Å². The van der Waals surface area contributed by atoms with Crippen molar-refractivity contribution in [1.29, 1.82) is 0 Å². The van der Waals surface area contributed by atoms with Crippen LogP contribution < -0.4 is 10.9 Å². The van der Waals surface area contributed by atoms with Crippen LogP contribution in [0.5, 0.6) is 0 Å². The summed E-state index contributed by atoms with van der Waals surface area (Å²) in [7, 11) is -3.34. The summed E-state index contributed by atoms with van der Waals surface area (Å²) >= 11 is 12.4. The summed E-state index contributed by atoms with van der Waals surface area (Å²) in [6, 6.07) is 14.1. The Labute approximate surface area is 243 Å². The highest BCUT2D eigenvalue weighted by molar-refractivity contribution is 7.91. The van der Waals surface area contributed by atoms with Crippen LogP contribution in [0.2, 0.25) is 10.2 Å². The molecule has 8 rings (SSSR count). The molecular weight excluding hydrogens is 585 g/mol. The maximum atomic E-state index is 13.7. The minimum Gasteiger partial charge on any atom is -0.383 e. The topological polar surface area (TPSA) is 128 Å². The number of hydrogen-bond acceptors (Lipinski definition) is 7. The molecule has 0 radical (unpaired) electrons. The average molecular weight is 606 g/mol. The standard InChI is InChI=1S/C28H21Cl2N7O3S/c29-16-2-4-22(36-13-25(30)34-35-36)17(10-16)15-7-23-18-11-19(18)27(37(23)26(38)9-15)28-32-12-21(33-28)14-1-3-20-24(8-14)41(39,40)6-5-31-20/h1-4,7-10,12-13,18-19,27,31H,5-6,11H2,(H,32,33). The van der Waals surface area contributed by atoms with E-state index in [1.54, 1.807) is 41.3 Å². The summed E-state index contributed by atoms with van der Waals surface area (Å²) in [6.07, 6.45) is 4.26. The Kier molecular flexibility index (Phi) is 5.32. The fraction of sp³-hybridized carbons (Fsp3) is 0.214. The van der Waals surface area contributed by atoms with Gasteiger partial charge in [-0.3, -0.25) is 4.79 Å². The molecule has 1 saturated carbocycles. The van der Waals surface area contributed by atoms with Crippen LogP contribution >= 0.6 is 23.2 Å². The van der Waals surface area contributed by atoms with Gasteiger partial charge in [-0.2, -0.15) is 0 Å². The van der Waals surface area contributed by atoms with Crippen LogP contribution in [0.1, 0.15) is 29.9 Å². The number of imidazole rings is 1. The zero-order valence-corrected chi connectivity index (χ0v) is 23.6. The van der Waals surface area contributed by atoms with E-state index in [2.05, 4.69) is 25.6 Å². The molecule has 2 aliphatic heterocycles. The number of hydrogen-bond donors (Lipinski definition) is 2. The summed E-state index contributed by atoms with van der Waals surface area (Å²) in [6.45, 7) is 0.399. The molecule has 0 amide bonds. The first-order chi connectivity index (χ1) is 19.8. The number of aromatic amines is 1. The Hall–Kier alpha value is -3.93. The molecule has 5 aromatic rings. The number of aromatic nitrogens is 6. The van der Waals surface area contributed by atoms with Crippen LogP contribution in [-0.2, 0) is 9.84 Å². The van der Waals surface area contributed by atoms with Crippen LogP contribution in [0.15, 0.2) is 70.6 Å². The molecule has 206 valence electrons. The molecule has 3 unspecified atom stereocenters. The molecule has 2 aromatic carbocycles. The number of sulfone groups is 1. The largest absolute Gasteiger partial charge is 0.383 e. The van der Waals surface area contributed by atoms with Crippen LogP contribution in [0.4, 0.5) is 5.69 Å². The summed E-state index contributed by atoms with van der Waals surface area (Å²) < 4.78 is 28.6. The third-order valence-electron chi connectivity index (χ3n) is 8.17. The maximum Gasteiger partial charge on any atom is 0.252 e. The molecule has 1 aliphatic carbocycles. The Morgan fingerprint density at radius 1 is 1.02 bits per heavy atom. The number of H-pyrrole nitrogens is 1. The van der Waals surface area contributed by atoms with Crippen LogP contribution in [0.3, 0.4) is 0 Å². The van der Waals surface area contributed by atoms with Gasteiger partial charge in [0.1, 0.15) is 5.82 Å². The molecule has 2 N–H and O–H groups in total. The smallest absolute Gasteiger partial charge is 0.252 e. The molecule has 0 saturated heterocycles. The third-order valence-corrected chi connectivity index (χ3v) is 10.3. The second-order valence-electron chi connectivity index (χ2n) is 10.6. The van der Waals surface area contributed by atoms with Crippen molar-refractivity contribution in [3.8, 4) is 28.1 Å². The normalized spacial score (nSPS) is 21.6. The third kappa shape index (κ3) is 3.94. The van der Waals surface area contributed by atoms with Gasteiger partial charge in [-0.15, -0.1) is 5.10 Å². The van der Waals surface area contributed by atoms with E-state index in [0.717, 1.165) is 28.8 Å². The molecule has 5 heterocycles. The van der Waals surface area contributed by atoms with Crippen molar-refractivity contribution in [1.82, 2.24) is 29.5 Å². The van der Waals surface area contributed by atoms with Crippen molar-refractivity contribution >= 4 is 38.7 Å². The van der Waals surface area contributed by atoms with Crippen molar-refractivity contribution in [3.63, 3.8) is 0 Å². The number of nitrogens with zero attached hydrogens (tertiary/aromatic N) is 5. The van der Waals surface area contributed by atoms with E-state index in [4.69, 9.17) is 23.2 Å². The lowest BCUT2D eigenvalue weighted by Crippen LogP contribution is -2.26. The van der Waals surface area contributed by atoms with E-state index in [0.29, 0.717) is 39.4 Å². The van der Waals surface area contributed by atoms with E-state index >= 15 is 0 Å².